The highest BCUT2D eigenvalue weighted by molar-refractivity contribution is 5.96. The third-order valence-corrected chi connectivity index (χ3v) is 3.34. The minimum absolute atomic E-state index is 0.0918. The van der Waals surface area contributed by atoms with Crippen molar-refractivity contribution < 1.29 is 9.60 Å². The third-order valence-electron chi connectivity index (χ3n) is 3.34. The van der Waals surface area contributed by atoms with E-state index in [-0.39, 0.29) is 17.7 Å². The maximum Gasteiger partial charge on any atom is 0.170 e. The van der Waals surface area contributed by atoms with Crippen LogP contribution in [0.3, 0.4) is 0 Å². The van der Waals surface area contributed by atoms with Crippen LogP contribution in [0, 0.1) is 5.82 Å². The van der Waals surface area contributed by atoms with E-state index in [0.717, 1.165) is 11.1 Å². The molecule has 2 aromatic rings. The molecule has 0 aliphatic carbocycles. The van der Waals surface area contributed by atoms with Crippen LogP contribution in [0.25, 0.3) is 0 Å². The molecule has 1 atom stereocenters. The van der Waals surface area contributed by atoms with Gasteiger partial charge in [0.15, 0.2) is 5.84 Å². The molecule has 0 bridgehead atoms. The number of nitrogens with zero attached hydrogens (tertiary/aromatic N) is 1. The minimum atomic E-state index is -0.232. The van der Waals surface area contributed by atoms with Crippen LogP contribution in [0.2, 0.25) is 0 Å². The summed E-state index contributed by atoms with van der Waals surface area (Å²) in [5, 5.41) is 14.9. The number of benzene rings is 2. The molecule has 0 aliphatic heterocycles. The molecule has 4 nitrogen and oxygen atoms in total. The van der Waals surface area contributed by atoms with E-state index in [0.29, 0.717) is 12.1 Å². The van der Waals surface area contributed by atoms with Crippen LogP contribution in [-0.2, 0) is 6.54 Å². The van der Waals surface area contributed by atoms with Crippen LogP contribution >= 0.6 is 0 Å². The van der Waals surface area contributed by atoms with Gasteiger partial charge in [0.1, 0.15) is 5.82 Å². The smallest absolute Gasteiger partial charge is 0.170 e. The molecule has 0 saturated carbocycles. The first-order valence-corrected chi connectivity index (χ1v) is 6.66. The van der Waals surface area contributed by atoms with Gasteiger partial charge in [0, 0.05) is 18.2 Å². The first-order chi connectivity index (χ1) is 10.1. The number of amidine groups is 1. The summed E-state index contributed by atoms with van der Waals surface area (Å²) < 4.78 is 12.9. The number of halogens is 1. The molecule has 2 aromatic carbocycles. The van der Waals surface area contributed by atoms with E-state index in [1.54, 1.807) is 24.3 Å². The van der Waals surface area contributed by atoms with Gasteiger partial charge in [-0.2, -0.15) is 0 Å². The van der Waals surface area contributed by atoms with Gasteiger partial charge < -0.3 is 16.3 Å². The summed E-state index contributed by atoms with van der Waals surface area (Å²) in [5.41, 5.74) is 8.30. The molecule has 0 spiro atoms. The Kier molecular flexibility index (Phi) is 4.90. The summed E-state index contributed by atoms with van der Waals surface area (Å²) in [4.78, 5) is 0. The second-order valence-corrected chi connectivity index (χ2v) is 4.84. The van der Waals surface area contributed by atoms with Gasteiger partial charge in [-0.05, 0) is 30.2 Å². The Morgan fingerprint density at radius 1 is 1.19 bits per heavy atom. The van der Waals surface area contributed by atoms with E-state index in [1.807, 2.05) is 19.1 Å². The van der Waals surface area contributed by atoms with Crippen molar-refractivity contribution in [1.82, 2.24) is 5.32 Å². The van der Waals surface area contributed by atoms with Gasteiger partial charge in [0.2, 0.25) is 0 Å². The number of rotatable bonds is 5. The van der Waals surface area contributed by atoms with E-state index in [4.69, 9.17) is 10.9 Å². The van der Waals surface area contributed by atoms with Gasteiger partial charge >= 0.3 is 0 Å². The molecule has 110 valence electrons. The van der Waals surface area contributed by atoms with E-state index in [2.05, 4.69) is 10.5 Å². The Bertz CT molecular complexity index is 608. The lowest BCUT2D eigenvalue weighted by molar-refractivity contribution is 0.318. The fourth-order valence-corrected chi connectivity index (χ4v) is 1.99. The topological polar surface area (TPSA) is 70.6 Å². The van der Waals surface area contributed by atoms with Crippen molar-refractivity contribution in [3.8, 4) is 0 Å². The Balaban J connectivity index is 1.95. The highest BCUT2D eigenvalue weighted by Crippen LogP contribution is 2.14. The van der Waals surface area contributed by atoms with Crippen molar-refractivity contribution in [1.29, 1.82) is 0 Å². The third kappa shape index (κ3) is 4.03. The Labute approximate surface area is 123 Å². The van der Waals surface area contributed by atoms with E-state index in [1.165, 1.54) is 12.1 Å². The molecule has 0 unspecified atom stereocenters. The summed E-state index contributed by atoms with van der Waals surface area (Å²) in [6, 6.07) is 14.0. The zero-order valence-corrected chi connectivity index (χ0v) is 11.8. The maximum absolute atomic E-state index is 12.9. The number of hydrogen-bond acceptors (Lipinski definition) is 3. The molecule has 2 rings (SSSR count). The number of nitrogens with two attached hydrogens (primary N) is 1. The second kappa shape index (κ2) is 6.85. The lowest BCUT2D eigenvalue weighted by Crippen LogP contribution is -2.18. The first-order valence-electron chi connectivity index (χ1n) is 6.66. The van der Waals surface area contributed by atoms with Crippen molar-refractivity contribution in [3.05, 3.63) is 71.0 Å². The van der Waals surface area contributed by atoms with Crippen molar-refractivity contribution in [3.63, 3.8) is 0 Å². The van der Waals surface area contributed by atoms with Crippen molar-refractivity contribution in [2.75, 3.05) is 0 Å². The zero-order valence-electron chi connectivity index (χ0n) is 11.8. The molecule has 0 heterocycles. The lowest BCUT2D eigenvalue weighted by Gasteiger charge is -2.14. The predicted octanol–water partition coefficient (Wildman–Crippen LogP) is 2.77. The standard InChI is InChI=1S/C16H18FN3O/c1-11(13-6-8-15(17)9-7-13)19-10-12-2-4-14(5-3-12)16(18)20-21/h2-9,11,19,21H,10H2,1H3,(H2,18,20)/t11-/m1/s1. The summed E-state index contributed by atoms with van der Waals surface area (Å²) in [7, 11) is 0. The van der Waals surface area contributed by atoms with Crippen LogP contribution in [0.15, 0.2) is 53.7 Å². The quantitative estimate of drug-likeness (QED) is 0.343. The van der Waals surface area contributed by atoms with Crippen LogP contribution < -0.4 is 11.1 Å². The van der Waals surface area contributed by atoms with Gasteiger partial charge in [-0.3, -0.25) is 0 Å². The van der Waals surface area contributed by atoms with Crippen LogP contribution in [0.5, 0.6) is 0 Å². The summed E-state index contributed by atoms with van der Waals surface area (Å²) in [5.74, 6) is -0.140. The minimum Gasteiger partial charge on any atom is -0.409 e. The molecular weight excluding hydrogens is 269 g/mol. The maximum atomic E-state index is 12.9. The molecule has 4 N–H and O–H groups in total. The lowest BCUT2D eigenvalue weighted by atomic mass is 10.1. The Morgan fingerprint density at radius 2 is 1.81 bits per heavy atom. The average Bonchev–Trinajstić information content (AvgIpc) is 2.53. The highest BCUT2D eigenvalue weighted by atomic mass is 19.1. The fraction of sp³-hybridized carbons (Fsp3) is 0.188. The fourth-order valence-electron chi connectivity index (χ4n) is 1.99. The van der Waals surface area contributed by atoms with E-state index in [9.17, 15) is 4.39 Å². The molecular formula is C16H18FN3O. The summed E-state index contributed by atoms with van der Waals surface area (Å²) in [6.45, 7) is 2.70. The SMILES string of the molecule is C[C@@H](NCc1ccc(/C(N)=N/O)cc1)c1ccc(F)cc1. The van der Waals surface area contributed by atoms with Gasteiger partial charge in [-0.15, -0.1) is 0 Å². The second-order valence-electron chi connectivity index (χ2n) is 4.84. The van der Waals surface area contributed by atoms with Crippen molar-refractivity contribution >= 4 is 5.84 Å². The predicted molar refractivity (Wildman–Crippen MR) is 80.6 cm³/mol. The van der Waals surface area contributed by atoms with Gasteiger partial charge in [-0.25, -0.2) is 4.39 Å². The van der Waals surface area contributed by atoms with Crippen molar-refractivity contribution in [2.45, 2.75) is 19.5 Å². The van der Waals surface area contributed by atoms with Gasteiger partial charge in [0.05, 0.1) is 0 Å². The largest absolute Gasteiger partial charge is 0.409 e. The van der Waals surface area contributed by atoms with Crippen LogP contribution in [0.4, 0.5) is 4.39 Å². The first kappa shape index (κ1) is 15.0. The van der Waals surface area contributed by atoms with Crippen LogP contribution in [0.1, 0.15) is 29.7 Å². The molecule has 5 heteroatoms. The molecule has 0 aliphatic rings. The highest BCUT2D eigenvalue weighted by Gasteiger charge is 2.05. The van der Waals surface area contributed by atoms with Crippen LogP contribution in [-0.4, -0.2) is 11.0 Å². The zero-order chi connectivity index (χ0) is 15.2. The normalized spacial score (nSPS) is 13.1. The van der Waals surface area contributed by atoms with Gasteiger partial charge in [0.25, 0.3) is 0 Å². The monoisotopic (exact) mass is 287 g/mol. The van der Waals surface area contributed by atoms with Crippen molar-refractivity contribution in [2.24, 2.45) is 10.9 Å². The molecule has 0 fully saturated rings. The number of nitrogens with one attached hydrogen (secondary N) is 1. The molecule has 0 aromatic heterocycles. The van der Waals surface area contributed by atoms with E-state index >= 15 is 0 Å². The van der Waals surface area contributed by atoms with E-state index < -0.39 is 0 Å². The molecule has 21 heavy (non-hydrogen) atoms. The summed E-state index contributed by atoms with van der Waals surface area (Å²) in [6.07, 6.45) is 0. The molecule has 0 amide bonds. The average molecular weight is 287 g/mol. The molecule has 0 radical (unpaired) electrons. The Hall–Kier alpha value is -2.40. The van der Waals surface area contributed by atoms with Gasteiger partial charge in [-0.1, -0.05) is 41.6 Å². The molecule has 0 saturated heterocycles. The number of oxime groups is 1. The Morgan fingerprint density at radius 3 is 2.38 bits per heavy atom. The number of hydrogen-bond donors (Lipinski definition) is 3. The summed E-state index contributed by atoms with van der Waals surface area (Å²) >= 11 is 0.